The molecule has 0 radical (unpaired) electrons. The normalized spacial score (nSPS) is 31.3. The topological polar surface area (TPSA) is 67.8 Å². The number of aliphatic hydroxyl groups is 1. The van der Waals surface area contributed by atoms with Crippen molar-refractivity contribution >= 4 is 0 Å². The van der Waals surface area contributed by atoms with Crippen molar-refractivity contribution in [3.05, 3.63) is 12.7 Å². The van der Waals surface area contributed by atoms with E-state index < -0.39 is 11.5 Å². The van der Waals surface area contributed by atoms with Crippen molar-refractivity contribution < 1.29 is 5.11 Å². The third kappa shape index (κ3) is 1.56. The molecule has 1 N–H and O–H groups in total. The molecule has 0 aromatic heterocycles. The number of rotatable bonds is 1. The molecule has 2 unspecified atom stereocenters. The summed E-state index contributed by atoms with van der Waals surface area (Å²) in [5, 5.41) is 27.2. The number of nitrogens with zero attached hydrogens (tertiary/aromatic N) is 2. The van der Waals surface area contributed by atoms with Crippen molar-refractivity contribution in [2.45, 2.75) is 25.4 Å². The maximum Gasteiger partial charge on any atom is 0.150 e. The predicted molar refractivity (Wildman–Crippen MR) is 47.2 cm³/mol. The van der Waals surface area contributed by atoms with Crippen LogP contribution in [0, 0.1) is 34.0 Å². The lowest BCUT2D eigenvalue weighted by Crippen LogP contribution is -2.35. The van der Waals surface area contributed by atoms with Crippen molar-refractivity contribution in [1.29, 1.82) is 10.5 Å². The van der Waals surface area contributed by atoms with Gasteiger partial charge in [-0.1, -0.05) is 6.08 Å². The minimum Gasteiger partial charge on any atom is -0.393 e. The third-order valence-corrected chi connectivity index (χ3v) is 2.71. The Balaban J connectivity index is 2.92. The smallest absolute Gasteiger partial charge is 0.150 e. The van der Waals surface area contributed by atoms with Gasteiger partial charge in [0.1, 0.15) is 5.41 Å². The van der Waals surface area contributed by atoms with Gasteiger partial charge in [0, 0.05) is 5.92 Å². The highest BCUT2D eigenvalue weighted by Gasteiger charge is 2.42. The van der Waals surface area contributed by atoms with Gasteiger partial charge in [-0.05, 0) is 19.3 Å². The molecule has 0 aliphatic heterocycles. The Kier molecular flexibility index (Phi) is 2.70. The molecule has 1 aliphatic carbocycles. The fraction of sp³-hybridized carbons (Fsp3) is 0.600. The Morgan fingerprint density at radius 1 is 1.46 bits per heavy atom. The van der Waals surface area contributed by atoms with Crippen LogP contribution in [0.15, 0.2) is 12.7 Å². The van der Waals surface area contributed by atoms with Gasteiger partial charge in [-0.25, -0.2) is 0 Å². The standard InChI is InChI=1S/C10H12N2O/c1-2-8-5-9(13)3-4-10(8,6-11)7-12/h2,8-9,13H,1,3-5H2. The molecule has 3 nitrogen and oxygen atoms in total. The van der Waals surface area contributed by atoms with E-state index in [4.69, 9.17) is 10.5 Å². The van der Waals surface area contributed by atoms with Gasteiger partial charge in [-0.2, -0.15) is 10.5 Å². The minimum absolute atomic E-state index is 0.203. The molecule has 1 saturated carbocycles. The molecule has 1 rings (SSSR count). The molecule has 2 atom stereocenters. The van der Waals surface area contributed by atoms with E-state index in [0.717, 1.165) is 0 Å². The zero-order chi connectivity index (χ0) is 9.90. The van der Waals surface area contributed by atoms with Gasteiger partial charge in [0.15, 0.2) is 0 Å². The maximum atomic E-state index is 9.37. The molecule has 0 bridgehead atoms. The lowest BCUT2D eigenvalue weighted by molar-refractivity contribution is 0.0788. The van der Waals surface area contributed by atoms with E-state index in [2.05, 4.69) is 6.58 Å². The van der Waals surface area contributed by atoms with E-state index in [0.29, 0.717) is 19.3 Å². The van der Waals surface area contributed by atoms with Gasteiger partial charge in [0.05, 0.1) is 18.2 Å². The first-order chi connectivity index (χ1) is 6.18. The molecule has 1 aliphatic rings. The van der Waals surface area contributed by atoms with E-state index in [9.17, 15) is 5.11 Å². The van der Waals surface area contributed by atoms with E-state index in [1.165, 1.54) is 0 Å². The Bertz CT molecular complexity index is 270. The summed E-state index contributed by atoms with van der Waals surface area (Å²) in [6, 6.07) is 4.09. The fourth-order valence-corrected chi connectivity index (χ4v) is 1.79. The number of hydrogen-bond acceptors (Lipinski definition) is 3. The first-order valence-electron chi connectivity index (χ1n) is 4.31. The highest BCUT2D eigenvalue weighted by atomic mass is 16.3. The fourth-order valence-electron chi connectivity index (χ4n) is 1.79. The lowest BCUT2D eigenvalue weighted by Gasteiger charge is -2.33. The summed E-state index contributed by atoms with van der Waals surface area (Å²) in [7, 11) is 0. The van der Waals surface area contributed by atoms with Crippen LogP contribution in [0.5, 0.6) is 0 Å². The molecule has 0 aromatic rings. The molecule has 0 saturated heterocycles. The van der Waals surface area contributed by atoms with Crippen molar-refractivity contribution in [3.63, 3.8) is 0 Å². The van der Waals surface area contributed by atoms with Crippen LogP contribution in [0.1, 0.15) is 19.3 Å². The maximum absolute atomic E-state index is 9.37. The molecule has 1 fully saturated rings. The second-order valence-electron chi connectivity index (χ2n) is 3.47. The van der Waals surface area contributed by atoms with Crippen molar-refractivity contribution in [1.82, 2.24) is 0 Å². The average molecular weight is 176 g/mol. The Morgan fingerprint density at radius 2 is 2.08 bits per heavy atom. The Labute approximate surface area is 77.9 Å². The molecule has 0 spiro atoms. The minimum atomic E-state index is -0.957. The van der Waals surface area contributed by atoms with Crippen LogP contribution in [0.3, 0.4) is 0 Å². The predicted octanol–water partition coefficient (Wildman–Crippen LogP) is 1.37. The van der Waals surface area contributed by atoms with E-state index in [-0.39, 0.29) is 5.92 Å². The summed E-state index contributed by atoms with van der Waals surface area (Å²) in [5.41, 5.74) is -0.957. The van der Waals surface area contributed by atoms with Gasteiger partial charge >= 0.3 is 0 Å². The van der Waals surface area contributed by atoms with E-state index >= 15 is 0 Å². The number of allylic oxidation sites excluding steroid dienone is 1. The SMILES string of the molecule is C=CC1CC(O)CCC1(C#N)C#N. The van der Waals surface area contributed by atoms with Crippen molar-refractivity contribution in [2.24, 2.45) is 11.3 Å². The molecular formula is C10H12N2O. The summed E-state index contributed by atoms with van der Waals surface area (Å²) in [6.45, 7) is 3.60. The quantitative estimate of drug-likeness (QED) is 0.613. The van der Waals surface area contributed by atoms with Crippen LogP contribution >= 0.6 is 0 Å². The van der Waals surface area contributed by atoms with Crippen molar-refractivity contribution in [3.8, 4) is 12.1 Å². The molecule has 0 amide bonds. The van der Waals surface area contributed by atoms with Crippen LogP contribution in [-0.2, 0) is 0 Å². The average Bonchev–Trinajstić information content (AvgIpc) is 2.18. The van der Waals surface area contributed by atoms with Gasteiger partial charge < -0.3 is 5.11 Å². The van der Waals surface area contributed by atoms with Crippen LogP contribution in [0.25, 0.3) is 0 Å². The molecule has 0 aromatic carbocycles. The van der Waals surface area contributed by atoms with Crippen LogP contribution in [0.2, 0.25) is 0 Å². The molecule has 0 heterocycles. The third-order valence-electron chi connectivity index (χ3n) is 2.71. The second kappa shape index (κ2) is 3.60. The molecule has 68 valence electrons. The number of hydrogen-bond donors (Lipinski definition) is 1. The van der Waals surface area contributed by atoms with Crippen molar-refractivity contribution in [2.75, 3.05) is 0 Å². The second-order valence-corrected chi connectivity index (χ2v) is 3.47. The Morgan fingerprint density at radius 3 is 2.54 bits per heavy atom. The van der Waals surface area contributed by atoms with Crippen LogP contribution in [-0.4, -0.2) is 11.2 Å². The summed E-state index contributed by atoms with van der Waals surface area (Å²) in [5.74, 6) is -0.203. The van der Waals surface area contributed by atoms with E-state index in [1.54, 1.807) is 6.08 Å². The highest BCUT2D eigenvalue weighted by molar-refractivity contribution is 5.21. The first kappa shape index (κ1) is 9.77. The van der Waals surface area contributed by atoms with Crippen LogP contribution in [0.4, 0.5) is 0 Å². The summed E-state index contributed by atoms with van der Waals surface area (Å²) >= 11 is 0. The van der Waals surface area contributed by atoms with Gasteiger partial charge in [0.2, 0.25) is 0 Å². The van der Waals surface area contributed by atoms with Crippen LogP contribution < -0.4 is 0 Å². The summed E-state index contributed by atoms with van der Waals surface area (Å²) in [4.78, 5) is 0. The van der Waals surface area contributed by atoms with Gasteiger partial charge in [-0.3, -0.25) is 0 Å². The zero-order valence-corrected chi connectivity index (χ0v) is 7.40. The monoisotopic (exact) mass is 176 g/mol. The largest absolute Gasteiger partial charge is 0.393 e. The van der Waals surface area contributed by atoms with Gasteiger partial charge in [-0.15, -0.1) is 6.58 Å². The number of aliphatic hydroxyl groups excluding tert-OH is 1. The van der Waals surface area contributed by atoms with E-state index in [1.807, 2.05) is 12.1 Å². The molecule has 13 heavy (non-hydrogen) atoms. The zero-order valence-electron chi connectivity index (χ0n) is 7.40. The first-order valence-corrected chi connectivity index (χ1v) is 4.31. The summed E-state index contributed by atoms with van der Waals surface area (Å²) in [6.07, 6.45) is 2.67. The molecule has 3 heteroatoms. The lowest BCUT2D eigenvalue weighted by atomic mass is 9.67. The number of nitriles is 2. The summed E-state index contributed by atoms with van der Waals surface area (Å²) < 4.78 is 0. The highest BCUT2D eigenvalue weighted by Crippen LogP contribution is 2.40. The molecular weight excluding hydrogens is 164 g/mol. The van der Waals surface area contributed by atoms with Gasteiger partial charge in [0.25, 0.3) is 0 Å². The Hall–Kier alpha value is -1.32.